The number of hydrogen-bond donors (Lipinski definition) is 4. The Morgan fingerprint density at radius 3 is 1.79 bits per heavy atom. The van der Waals surface area contributed by atoms with Crippen LogP contribution in [-0.4, -0.2) is 36.4 Å². The number of phenols is 2. The molecule has 0 spiro atoms. The highest BCUT2D eigenvalue weighted by Gasteiger charge is 2.21. The third-order valence-corrected chi connectivity index (χ3v) is 9.76. The highest BCUT2D eigenvalue weighted by molar-refractivity contribution is 6.42. The fourth-order valence-corrected chi connectivity index (χ4v) is 6.08. The summed E-state index contributed by atoms with van der Waals surface area (Å²) < 4.78 is 0. The molecular weight excluding hydrogens is 849 g/mol. The number of anilines is 2. The van der Waals surface area contributed by atoms with Crippen LogP contribution in [0, 0.1) is 0 Å². The van der Waals surface area contributed by atoms with Gasteiger partial charge in [-0.3, -0.25) is 14.8 Å². The Balaban J connectivity index is 0.000000173. The minimum Gasteiger partial charge on any atom is -0.506 e. The van der Waals surface area contributed by atoms with Crippen LogP contribution in [0.3, 0.4) is 0 Å². The van der Waals surface area contributed by atoms with E-state index in [9.17, 15) is 15.0 Å². The molecule has 0 saturated heterocycles. The van der Waals surface area contributed by atoms with Gasteiger partial charge in [-0.15, -0.1) is 0 Å². The van der Waals surface area contributed by atoms with E-state index in [1.165, 1.54) is 6.07 Å². The first-order valence-corrected chi connectivity index (χ1v) is 18.9. The van der Waals surface area contributed by atoms with Gasteiger partial charge in [-0.2, -0.15) is 0 Å². The molecule has 0 saturated carbocycles. The van der Waals surface area contributed by atoms with Gasteiger partial charge in [-0.05, 0) is 72.3 Å². The van der Waals surface area contributed by atoms with Crippen LogP contribution in [0.25, 0.3) is 21.8 Å². The van der Waals surface area contributed by atoms with Crippen molar-refractivity contribution in [2.24, 2.45) is 0 Å². The molecule has 0 radical (unpaired) electrons. The van der Waals surface area contributed by atoms with Crippen molar-refractivity contribution >= 4 is 109 Å². The number of nitrogen functional groups attached to an aromatic ring is 1. The van der Waals surface area contributed by atoms with Gasteiger partial charge in [0.05, 0.1) is 26.1 Å². The molecule has 8 rings (SSSR count). The predicted octanol–water partition coefficient (Wildman–Crippen LogP) is 12.6. The number of halogens is 6. The lowest BCUT2D eigenvalue weighted by molar-refractivity contribution is 0.112. The maximum Gasteiger partial charge on any atom is 0.150 e. The van der Waals surface area contributed by atoms with E-state index in [-0.39, 0.29) is 11.5 Å². The molecule has 1 atom stereocenters. The summed E-state index contributed by atoms with van der Waals surface area (Å²) in [5, 5.41) is 28.3. The molecule has 0 aliphatic carbocycles. The van der Waals surface area contributed by atoms with Crippen molar-refractivity contribution in [2.75, 3.05) is 11.1 Å². The molecule has 0 aliphatic heterocycles. The molecule has 15 heteroatoms. The summed E-state index contributed by atoms with van der Waals surface area (Å²) in [6, 6.07) is 32.9. The van der Waals surface area contributed by atoms with Gasteiger partial charge in [0, 0.05) is 56.7 Å². The number of para-hydroxylation sites is 1. The second kappa shape index (κ2) is 20.7. The number of pyridine rings is 4. The quantitative estimate of drug-likeness (QED) is 0.124. The summed E-state index contributed by atoms with van der Waals surface area (Å²) in [4.78, 5) is 26.6. The lowest BCUT2D eigenvalue weighted by Gasteiger charge is -2.22. The van der Waals surface area contributed by atoms with Gasteiger partial charge >= 0.3 is 0 Å². The molecule has 5 N–H and O–H groups in total. The smallest absolute Gasteiger partial charge is 0.150 e. The summed E-state index contributed by atoms with van der Waals surface area (Å²) in [6.07, 6.45) is 7.21. The maximum absolute atomic E-state index is 10.9. The third-order valence-electron chi connectivity index (χ3n) is 7.82. The molecule has 0 fully saturated rings. The highest BCUT2D eigenvalue weighted by Crippen LogP contribution is 2.38. The number of nitrogens with one attached hydrogen (secondary N) is 1. The average Bonchev–Trinajstić information content (AvgIpc) is 3.20. The summed E-state index contributed by atoms with van der Waals surface area (Å²) in [7, 11) is 0. The second-order valence-corrected chi connectivity index (χ2v) is 14.2. The zero-order valence-electron chi connectivity index (χ0n) is 29.4. The van der Waals surface area contributed by atoms with Gasteiger partial charge in [-0.1, -0.05) is 118 Å². The Hall–Kier alpha value is -5.39. The zero-order valence-corrected chi connectivity index (χ0v) is 33.9. The Kier molecular flexibility index (Phi) is 15.5. The molecule has 8 aromatic rings. The topological polar surface area (TPSA) is 147 Å². The van der Waals surface area contributed by atoms with Crippen LogP contribution in [0.1, 0.15) is 27.5 Å². The molecule has 9 nitrogen and oxygen atoms in total. The van der Waals surface area contributed by atoms with Gasteiger partial charge in [0.15, 0.2) is 0 Å². The fourth-order valence-electron chi connectivity index (χ4n) is 5.14. The summed E-state index contributed by atoms with van der Waals surface area (Å²) in [5.41, 5.74) is 8.42. The van der Waals surface area contributed by atoms with Gasteiger partial charge < -0.3 is 21.3 Å². The number of benzene rings is 4. The molecular formula is C42H30Cl6N6O3. The number of aldehydes is 1. The first kappa shape index (κ1) is 42.7. The number of hydrogen-bond acceptors (Lipinski definition) is 9. The van der Waals surface area contributed by atoms with E-state index in [1.54, 1.807) is 85.5 Å². The third kappa shape index (κ3) is 12.1. The normalized spacial score (nSPS) is 10.8. The lowest BCUT2D eigenvalue weighted by atomic mass is 9.96. The first-order chi connectivity index (χ1) is 27.4. The largest absolute Gasteiger partial charge is 0.506 e. The number of carbonyl (C=O) groups excluding carboxylic acids is 1. The van der Waals surface area contributed by atoms with E-state index in [0.717, 1.165) is 22.6 Å². The van der Waals surface area contributed by atoms with E-state index in [0.29, 0.717) is 63.9 Å². The number of carbonyl (C=O) groups is 1. The molecule has 0 bridgehead atoms. The summed E-state index contributed by atoms with van der Waals surface area (Å²) in [5.74, 6) is 1.34. The number of fused-ring (bicyclic) bond motifs is 2. The molecule has 4 aromatic heterocycles. The number of rotatable bonds is 5. The van der Waals surface area contributed by atoms with Crippen molar-refractivity contribution < 1.29 is 15.0 Å². The average molecular weight is 879 g/mol. The van der Waals surface area contributed by atoms with Crippen molar-refractivity contribution in [2.45, 2.75) is 6.04 Å². The highest BCUT2D eigenvalue weighted by atomic mass is 35.5. The molecule has 0 aliphatic rings. The van der Waals surface area contributed by atoms with Crippen LogP contribution in [-0.2, 0) is 0 Å². The van der Waals surface area contributed by atoms with E-state index in [2.05, 4.69) is 25.3 Å². The SMILES string of the molecule is Nc1cc(Cl)ccn1.O=Cc1ccc(Cl)c(Cl)c1.Oc1c(C(Nc2cc(Cl)ccn2)c2ccc(Cl)c(Cl)c2)ccc2cccnc12.Oc1cccc2cccnc12. The molecule has 1 unspecified atom stereocenters. The van der Waals surface area contributed by atoms with E-state index in [1.807, 2.05) is 48.5 Å². The van der Waals surface area contributed by atoms with Gasteiger partial charge in [-0.25, -0.2) is 9.97 Å². The maximum atomic E-state index is 10.9. The van der Waals surface area contributed by atoms with Crippen LogP contribution in [0.2, 0.25) is 30.1 Å². The van der Waals surface area contributed by atoms with Gasteiger partial charge in [0.1, 0.15) is 40.5 Å². The van der Waals surface area contributed by atoms with E-state index < -0.39 is 6.04 Å². The predicted molar refractivity (Wildman–Crippen MR) is 233 cm³/mol. The van der Waals surface area contributed by atoms with E-state index in [4.69, 9.17) is 75.3 Å². The Labute approximate surface area is 357 Å². The number of aromatic nitrogens is 4. The van der Waals surface area contributed by atoms with Crippen molar-refractivity contribution in [3.05, 3.63) is 187 Å². The lowest BCUT2D eigenvalue weighted by Crippen LogP contribution is -2.14. The number of phenolic OH excluding ortho intramolecular Hbond substituents is 2. The monoisotopic (exact) mass is 876 g/mol. The van der Waals surface area contributed by atoms with E-state index >= 15 is 0 Å². The minimum atomic E-state index is -0.452. The second-order valence-electron chi connectivity index (χ2n) is 11.7. The zero-order chi connectivity index (χ0) is 40.9. The standard InChI is InChI=1S/C21H14Cl3N3O.C9H7NO.C7H4Cl2O.C5H5ClN2/c22-14-7-9-25-18(11-14)27-19(13-4-6-16(23)17(24)10-13)15-5-3-12-2-1-8-26-20(12)21(15)28;11-8-5-1-3-7-4-2-6-10-9(7)8;8-6-2-1-5(4-10)3-7(6)9;6-4-1-2-8-5(7)3-4/h1-11,19,28H,(H,25,27);1-6,11H;1-4H;1-3H,(H2,7,8). The van der Waals surface area contributed by atoms with Crippen LogP contribution in [0.5, 0.6) is 11.5 Å². The van der Waals surface area contributed by atoms with Crippen LogP contribution in [0.4, 0.5) is 11.6 Å². The van der Waals surface area contributed by atoms with Crippen LogP contribution in [0.15, 0.2) is 140 Å². The van der Waals surface area contributed by atoms with Crippen molar-refractivity contribution in [3.63, 3.8) is 0 Å². The Bertz CT molecular complexity index is 2610. The van der Waals surface area contributed by atoms with Crippen molar-refractivity contribution in [1.29, 1.82) is 0 Å². The first-order valence-electron chi connectivity index (χ1n) is 16.6. The molecule has 288 valence electrons. The fraction of sp³-hybridized carbons (Fsp3) is 0.0238. The van der Waals surface area contributed by atoms with Gasteiger partial charge in [0.2, 0.25) is 0 Å². The molecule has 4 aromatic carbocycles. The Morgan fingerprint density at radius 1 is 0.579 bits per heavy atom. The summed E-state index contributed by atoms with van der Waals surface area (Å²) >= 11 is 35.1. The Morgan fingerprint density at radius 2 is 1.19 bits per heavy atom. The van der Waals surface area contributed by atoms with Crippen molar-refractivity contribution in [3.8, 4) is 11.5 Å². The van der Waals surface area contributed by atoms with Crippen LogP contribution >= 0.6 is 69.6 Å². The van der Waals surface area contributed by atoms with Crippen LogP contribution < -0.4 is 11.1 Å². The molecule has 0 amide bonds. The summed E-state index contributed by atoms with van der Waals surface area (Å²) in [6.45, 7) is 0. The number of nitrogens with zero attached hydrogens (tertiary/aromatic N) is 4. The van der Waals surface area contributed by atoms with Crippen molar-refractivity contribution in [1.82, 2.24) is 19.9 Å². The molecule has 57 heavy (non-hydrogen) atoms. The minimum absolute atomic E-state index is 0.0868. The molecule has 4 heterocycles. The number of nitrogens with two attached hydrogens (primary N) is 1. The van der Waals surface area contributed by atoms with Gasteiger partial charge in [0.25, 0.3) is 0 Å². The number of aromatic hydroxyl groups is 2.